The highest BCUT2D eigenvalue weighted by Gasteiger charge is 2.21. The molecule has 86 valence electrons. The quantitative estimate of drug-likeness (QED) is 0.718. The number of hydrogen-bond donors (Lipinski definition) is 0. The van der Waals surface area contributed by atoms with E-state index in [0.717, 1.165) is 26.2 Å². The summed E-state index contributed by atoms with van der Waals surface area (Å²) in [4.78, 5) is 16.0. The largest absolute Gasteiger partial charge is 0.335 e. The van der Waals surface area contributed by atoms with Gasteiger partial charge in [0.2, 0.25) is 0 Å². The molecule has 5 nitrogen and oxygen atoms in total. The minimum absolute atomic E-state index is 0.0720. The minimum atomic E-state index is -0.0720. The number of piperazine rings is 1. The van der Waals surface area contributed by atoms with E-state index < -0.39 is 0 Å². The molecule has 0 spiro atoms. The van der Waals surface area contributed by atoms with E-state index in [4.69, 9.17) is 11.6 Å². The zero-order chi connectivity index (χ0) is 11.5. The van der Waals surface area contributed by atoms with Crippen molar-refractivity contribution >= 4 is 17.5 Å². The van der Waals surface area contributed by atoms with E-state index in [9.17, 15) is 4.79 Å². The van der Waals surface area contributed by atoms with Gasteiger partial charge in [0.05, 0.1) is 0 Å². The lowest BCUT2D eigenvalue weighted by Crippen LogP contribution is -2.47. The van der Waals surface area contributed by atoms with Gasteiger partial charge in [-0.1, -0.05) is 11.6 Å². The summed E-state index contributed by atoms with van der Waals surface area (Å²) in [5, 5.41) is 7.75. The van der Waals surface area contributed by atoms with Crippen LogP contribution in [0, 0.1) is 0 Å². The van der Waals surface area contributed by atoms with Crippen molar-refractivity contribution in [3.8, 4) is 0 Å². The zero-order valence-corrected chi connectivity index (χ0v) is 9.81. The first kappa shape index (κ1) is 11.3. The molecule has 6 heteroatoms. The molecule has 1 fully saturated rings. The number of halogens is 1. The van der Waals surface area contributed by atoms with Crippen LogP contribution in [0.25, 0.3) is 0 Å². The Hall–Kier alpha value is -1.20. The van der Waals surface area contributed by atoms with E-state index in [1.54, 1.807) is 17.0 Å². The molecule has 0 radical (unpaired) electrons. The van der Waals surface area contributed by atoms with Gasteiger partial charge < -0.3 is 9.80 Å². The third kappa shape index (κ3) is 2.48. The molecule has 0 N–H and O–H groups in total. The van der Waals surface area contributed by atoms with Crippen molar-refractivity contribution in [1.82, 2.24) is 20.0 Å². The summed E-state index contributed by atoms with van der Waals surface area (Å²) >= 11 is 5.62. The Balaban J connectivity index is 2.05. The van der Waals surface area contributed by atoms with Crippen molar-refractivity contribution < 1.29 is 4.79 Å². The summed E-state index contributed by atoms with van der Waals surface area (Å²) in [6.07, 6.45) is 0. The van der Waals surface area contributed by atoms with Gasteiger partial charge in [-0.05, 0) is 19.2 Å². The lowest BCUT2D eigenvalue weighted by Gasteiger charge is -2.32. The van der Waals surface area contributed by atoms with E-state index >= 15 is 0 Å². The first-order valence-electron chi connectivity index (χ1n) is 5.14. The van der Waals surface area contributed by atoms with Gasteiger partial charge in [-0.3, -0.25) is 4.79 Å². The number of carbonyl (C=O) groups excluding carboxylic acids is 1. The van der Waals surface area contributed by atoms with Gasteiger partial charge in [0.25, 0.3) is 5.91 Å². The number of hydrogen-bond acceptors (Lipinski definition) is 4. The van der Waals surface area contributed by atoms with Gasteiger partial charge >= 0.3 is 0 Å². The molecule has 0 atom stereocenters. The monoisotopic (exact) mass is 240 g/mol. The molecular formula is C10H13ClN4O. The molecule has 2 rings (SSSR count). The molecule has 1 aromatic heterocycles. The minimum Gasteiger partial charge on any atom is -0.335 e. The van der Waals surface area contributed by atoms with Crippen molar-refractivity contribution in [2.24, 2.45) is 0 Å². The molecule has 1 amide bonds. The summed E-state index contributed by atoms with van der Waals surface area (Å²) in [7, 11) is 2.05. The summed E-state index contributed by atoms with van der Waals surface area (Å²) in [5.74, 6) is -0.0720. The molecule has 0 saturated carbocycles. The normalized spacial score (nSPS) is 17.5. The van der Waals surface area contributed by atoms with Crippen LogP contribution in [0.4, 0.5) is 0 Å². The van der Waals surface area contributed by atoms with Crippen LogP contribution in [0.15, 0.2) is 12.1 Å². The van der Waals surface area contributed by atoms with Gasteiger partial charge in [-0.2, -0.15) is 0 Å². The third-order valence-corrected chi connectivity index (χ3v) is 2.84. The van der Waals surface area contributed by atoms with Crippen LogP contribution in [0.1, 0.15) is 10.5 Å². The van der Waals surface area contributed by atoms with Crippen molar-refractivity contribution in [3.05, 3.63) is 23.0 Å². The molecule has 1 saturated heterocycles. The lowest BCUT2D eigenvalue weighted by molar-refractivity contribution is 0.0657. The number of amides is 1. The maximum absolute atomic E-state index is 12.0. The van der Waals surface area contributed by atoms with Crippen LogP contribution in [-0.4, -0.2) is 59.1 Å². The smallest absolute Gasteiger partial charge is 0.274 e. The second-order valence-corrected chi connectivity index (χ2v) is 4.22. The molecule has 1 aromatic rings. The van der Waals surface area contributed by atoms with Crippen LogP contribution >= 0.6 is 11.6 Å². The molecule has 16 heavy (non-hydrogen) atoms. The van der Waals surface area contributed by atoms with Crippen LogP contribution in [0.5, 0.6) is 0 Å². The SMILES string of the molecule is CN1CCN(C(=O)c2ccc(Cl)nn2)CC1. The van der Waals surface area contributed by atoms with Gasteiger partial charge in [0, 0.05) is 26.2 Å². The van der Waals surface area contributed by atoms with Crippen molar-refractivity contribution in [2.75, 3.05) is 33.2 Å². The van der Waals surface area contributed by atoms with Crippen molar-refractivity contribution in [2.45, 2.75) is 0 Å². The topological polar surface area (TPSA) is 49.3 Å². The molecule has 2 heterocycles. The maximum Gasteiger partial charge on any atom is 0.274 e. The fourth-order valence-electron chi connectivity index (χ4n) is 1.60. The fourth-order valence-corrected chi connectivity index (χ4v) is 1.70. The van der Waals surface area contributed by atoms with Crippen molar-refractivity contribution in [3.63, 3.8) is 0 Å². The zero-order valence-electron chi connectivity index (χ0n) is 9.06. The fraction of sp³-hybridized carbons (Fsp3) is 0.500. The van der Waals surface area contributed by atoms with Gasteiger partial charge in [0.1, 0.15) is 0 Å². The Morgan fingerprint density at radius 3 is 2.50 bits per heavy atom. The second kappa shape index (κ2) is 4.76. The van der Waals surface area contributed by atoms with E-state index in [1.807, 2.05) is 7.05 Å². The maximum atomic E-state index is 12.0. The third-order valence-electron chi connectivity index (χ3n) is 2.64. The number of nitrogens with zero attached hydrogens (tertiary/aromatic N) is 4. The average Bonchev–Trinajstić information content (AvgIpc) is 2.30. The molecule has 0 aromatic carbocycles. The summed E-state index contributed by atoms with van der Waals surface area (Å²) < 4.78 is 0. The Morgan fingerprint density at radius 1 is 1.25 bits per heavy atom. The summed E-state index contributed by atoms with van der Waals surface area (Å²) in [5.41, 5.74) is 0.356. The predicted octanol–water partition coefficient (Wildman–Crippen LogP) is 0.518. The standard InChI is InChI=1S/C10H13ClN4O/c1-14-4-6-15(7-5-14)10(16)8-2-3-9(11)13-12-8/h2-3H,4-7H2,1H3. The van der Waals surface area contributed by atoms with Crippen LogP contribution in [-0.2, 0) is 0 Å². The highest BCUT2D eigenvalue weighted by atomic mass is 35.5. The molecule has 0 aliphatic carbocycles. The molecule has 0 bridgehead atoms. The van der Waals surface area contributed by atoms with E-state index in [1.165, 1.54) is 0 Å². The van der Waals surface area contributed by atoms with Gasteiger partial charge in [-0.25, -0.2) is 0 Å². The Bertz CT molecular complexity index is 373. The molecular weight excluding hydrogens is 228 g/mol. The first-order chi connectivity index (χ1) is 7.66. The van der Waals surface area contributed by atoms with Crippen LogP contribution in [0.3, 0.4) is 0 Å². The van der Waals surface area contributed by atoms with E-state index in [0.29, 0.717) is 10.8 Å². The highest BCUT2D eigenvalue weighted by Crippen LogP contribution is 2.07. The lowest BCUT2D eigenvalue weighted by atomic mass is 10.3. The number of likely N-dealkylation sites (N-methyl/N-ethyl adjacent to an activating group) is 1. The predicted molar refractivity (Wildman–Crippen MR) is 60.4 cm³/mol. The van der Waals surface area contributed by atoms with E-state index in [2.05, 4.69) is 15.1 Å². The van der Waals surface area contributed by atoms with E-state index in [-0.39, 0.29) is 5.91 Å². The second-order valence-electron chi connectivity index (χ2n) is 3.84. The Kier molecular flexibility index (Phi) is 3.36. The number of carbonyl (C=O) groups is 1. The number of aromatic nitrogens is 2. The molecule has 1 aliphatic rings. The summed E-state index contributed by atoms with van der Waals surface area (Å²) in [6.45, 7) is 3.26. The summed E-state index contributed by atoms with van der Waals surface area (Å²) in [6, 6.07) is 3.19. The first-order valence-corrected chi connectivity index (χ1v) is 5.51. The Morgan fingerprint density at radius 2 is 1.94 bits per heavy atom. The number of rotatable bonds is 1. The molecule has 0 unspecified atom stereocenters. The Labute approximate surface area is 99.0 Å². The van der Waals surface area contributed by atoms with Crippen LogP contribution < -0.4 is 0 Å². The average molecular weight is 241 g/mol. The molecule has 1 aliphatic heterocycles. The highest BCUT2D eigenvalue weighted by molar-refractivity contribution is 6.29. The van der Waals surface area contributed by atoms with Gasteiger partial charge in [-0.15, -0.1) is 10.2 Å². The van der Waals surface area contributed by atoms with Crippen LogP contribution in [0.2, 0.25) is 5.15 Å². The van der Waals surface area contributed by atoms with Crippen molar-refractivity contribution in [1.29, 1.82) is 0 Å². The van der Waals surface area contributed by atoms with Gasteiger partial charge in [0.15, 0.2) is 10.8 Å².